The fourth-order valence-corrected chi connectivity index (χ4v) is 4.43. The van der Waals surface area contributed by atoms with Crippen LogP contribution in [0.3, 0.4) is 0 Å². The highest BCUT2D eigenvalue weighted by molar-refractivity contribution is 6.08. The highest BCUT2D eigenvalue weighted by Crippen LogP contribution is 2.40. The SMILES string of the molecule is CN(C)CCC(=O)N1C/C(=C\c2ccccc2)C2=NN(C)C(c3ccccc3)C2C1. The summed E-state index contributed by atoms with van der Waals surface area (Å²) in [6.45, 7) is 2.09. The smallest absolute Gasteiger partial charge is 0.224 e. The van der Waals surface area contributed by atoms with E-state index in [1.807, 2.05) is 50.3 Å². The van der Waals surface area contributed by atoms with Gasteiger partial charge in [-0.25, -0.2) is 0 Å². The molecule has 2 heterocycles. The lowest BCUT2D eigenvalue weighted by Gasteiger charge is -2.36. The van der Waals surface area contributed by atoms with Crippen LogP contribution >= 0.6 is 0 Å². The van der Waals surface area contributed by atoms with Crippen molar-refractivity contribution in [1.82, 2.24) is 14.8 Å². The fourth-order valence-electron chi connectivity index (χ4n) is 4.43. The summed E-state index contributed by atoms with van der Waals surface area (Å²) in [5.74, 6) is 0.382. The number of hydrogen-bond donors (Lipinski definition) is 0. The number of hydrogen-bond acceptors (Lipinski definition) is 4. The van der Waals surface area contributed by atoms with Gasteiger partial charge in [-0.3, -0.25) is 9.80 Å². The topological polar surface area (TPSA) is 39.2 Å². The summed E-state index contributed by atoms with van der Waals surface area (Å²) < 4.78 is 0. The summed E-state index contributed by atoms with van der Waals surface area (Å²) in [7, 11) is 6.06. The van der Waals surface area contributed by atoms with Gasteiger partial charge in [-0.15, -0.1) is 0 Å². The molecule has 5 heteroatoms. The molecule has 5 nitrogen and oxygen atoms in total. The second kappa shape index (κ2) is 8.84. The van der Waals surface area contributed by atoms with Crippen LogP contribution < -0.4 is 0 Å². The summed E-state index contributed by atoms with van der Waals surface area (Å²) in [4.78, 5) is 17.1. The van der Waals surface area contributed by atoms with E-state index in [1.165, 1.54) is 5.56 Å². The van der Waals surface area contributed by atoms with Crippen molar-refractivity contribution in [3.63, 3.8) is 0 Å². The van der Waals surface area contributed by atoms with Crippen molar-refractivity contribution in [3.8, 4) is 0 Å². The third-order valence-corrected chi connectivity index (χ3v) is 5.91. The summed E-state index contributed by atoms with van der Waals surface area (Å²) in [5, 5.41) is 7.02. The van der Waals surface area contributed by atoms with Crippen molar-refractivity contribution in [1.29, 1.82) is 0 Å². The molecule has 2 aliphatic heterocycles. The van der Waals surface area contributed by atoms with Crippen LogP contribution in [0.15, 0.2) is 71.3 Å². The molecular weight excluding hydrogens is 372 g/mol. The highest BCUT2D eigenvalue weighted by Gasteiger charge is 2.43. The van der Waals surface area contributed by atoms with Crippen molar-refractivity contribution in [3.05, 3.63) is 77.4 Å². The summed E-state index contributed by atoms with van der Waals surface area (Å²) in [5.41, 5.74) is 4.64. The number of amides is 1. The van der Waals surface area contributed by atoms with Gasteiger partial charge in [0.1, 0.15) is 0 Å². The van der Waals surface area contributed by atoms with E-state index in [0.717, 1.165) is 23.4 Å². The number of hydrazone groups is 1. The maximum atomic E-state index is 13.0. The third kappa shape index (κ3) is 4.31. The molecule has 30 heavy (non-hydrogen) atoms. The first kappa shape index (κ1) is 20.4. The van der Waals surface area contributed by atoms with Crippen LogP contribution in [-0.2, 0) is 4.79 Å². The maximum absolute atomic E-state index is 13.0. The van der Waals surface area contributed by atoms with Crippen LogP contribution in [0.2, 0.25) is 0 Å². The molecule has 2 aliphatic rings. The molecule has 2 aromatic rings. The number of rotatable bonds is 5. The highest BCUT2D eigenvalue weighted by atomic mass is 16.2. The molecule has 2 unspecified atom stereocenters. The van der Waals surface area contributed by atoms with Gasteiger partial charge in [-0.2, -0.15) is 5.10 Å². The van der Waals surface area contributed by atoms with Gasteiger partial charge in [-0.05, 0) is 36.9 Å². The van der Waals surface area contributed by atoms with Gasteiger partial charge in [0.05, 0.1) is 11.8 Å². The van der Waals surface area contributed by atoms with E-state index in [2.05, 4.69) is 52.4 Å². The third-order valence-electron chi connectivity index (χ3n) is 5.91. The van der Waals surface area contributed by atoms with E-state index >= 15 is 0 Å². The normalized spacial score (nSPS) is 22.4. The molecule has 1 saturated heterocycles. The van der Waals surface area contributed by atoms with Crippen molar-refractivity contribution in [2.45, 2.75) is 12.5 Å². The van der Waals surface area contributed by atoms with Crippen LogP contribution in [-0.4, -0.2) is 67.2 Å². The Kier molecular flexibility index (Phi) is 6.00. The first-order valence-electron chi connectivity index (χ1n) is 10.6. The number of likely N-dealkylation sites (tertiary alicyclic amines) is 1. The average molecular weight is 403 g/mol. The monoisotopic (exact) mass is 402 g/mol. The van der Waals surface area contributed by atoms with Crippen molar-refractivity contribution >= 4 is 17.7 Å². The first-order chi connectivity index (χ1) is 14.5. The second-order valence-electron chi connectivity index (χ2n) is 8.43. The minimum Gasteiger partial charge on any atom is -0.337 e. The van der Waals surface area contributed by atoms with E-state index in [4.69, 9.17) is 5.10 Å². The van der Waals surface area contributed by atoms with Gasteiger partial charge in [0.2, 0.25) is 5.91 Å². The number of carbonyl (C=O) groups is 1. The van der Waals surface area contributed by atoms with Crippen molar-refractivity contribution < 1.29 is 4.79 Å². The quantitative estimate of drug-likeness (QED) is 0.768. The van der Waals surface area contributed by atoms with Gasteiger partial charge in [0.25, 0.3) is 0 Å². The molecule has 0 bridgehead atoms. The van der Waals surface area contributed by atoms with E-state index in [0.29, 0.717) is 19.5 Å². The summed E-state index contributed by atoms with van der Waals surface area (Å²) in [6.07, 6.45) is 2.73. The molecule has 1 fully saturated rings. The predicted molar refractivity (Wildman–Crippen MR) is 122 cm³/mol. The minimum atomic E-state index is 0.143. The lowest BCUT2D eigenvalue weighted by molar-refractivity contribution is -0.131. The number of nitrogens with zero attached hydrogens (tertiary/aromatic N) is 4. The molecule has 0 spiro atoms. The van der Waals surface area contributed by atoms with E-state index in [9.17, 15) is 4.79 Å². The van der Waals surface area contributed by atoms with Crippen LogP contribution in [0.4, 0.5) is 0 Å². The van der Waals surface area contributed by atoms with Gasteiger partial charge >= 0.3 is 0 Å². The van der Waals surface area contributed by atoms with Gasteiger partial charge in [0.15, 0.2) is 0 Å². The van der Waals surface area contributed by atoms with E-state index in [1.54, 1.807) is 0 Å². The molecular formula is C25H30N4O. The van der Waals surface area contributed by atoms with Gasteiger partial charge < -0.3 is 9.80 Å². The number of piperidine rings is 1. The van der Waals surface area contributed by atoms with Crippen molar-refractivity contribution in [2.75, 3.05) is 40.8 Å². The number of benzene rings is 2. The Hall–Kier alpha value is -2.92. The molecule has 0 radical (unpaired) electrons. The van der Waals surface area contributed by atoms with Crippen LogP contribution in [0.25, 0.3) is 6.08 Å². The van der Waals surface area contributed by atoms with Crippen LogP contribution in [0.5, 0.6) is 0 Å². The Morgan fingerprint density at radius 1 is 1.10 bits per heavy atom. The summed E-state index contributed by atoms with van der Waals surface area (Å²) in [6, 6.07) is 21.0. The Morgan fingerprint density at radius 2 is 1.77 bits per heavy atom. The van der Waals surface area contributed by atoms with Gasteiger partial charge in [0, 0.05) is 39.0 Å². The molecule has 2 atom stereocenters. The zero-order chi connectivity index (χ0) is 21.1. The van der Waals surface area contributed by atoms with Crippen LogP contribution in [0, 0.1) is 5.92 Å². The Bertz CT molecular complexity index is 936. The Balaban J connectivity index is 1.67. The molecule has 0 N–H and O–H groups in total. The van der Waals surface area contributed by atoms with E-state index in [-0.39, 0.29) is 17.9 Å². The standard InChI is InChI=1S/C25H30N4O/c1-27(2)15-14-23(30)29-17-21(16-19-10-6-4-7-11-19)24-22(18-29)25(28(3)26-24)20-12-8-5-9-13-20/h4-13,16,22,25H,14-15,17-18H2,1-3H3/b21-16+. The van der Waals surface area contributed by atoms with Crippen LogP contribution in [0.1, 0.15) is 23.6 Å². The maximum Gasteiger partial charge on any atom is 0.224 e. The zero-order valence-corrected chi connectivity index (χ0v) is 18.0. The molecule has 0 saturated carbocycles. The Labute approximate surface area is 179 Å². The van der Waals surface area contributed by atoms with Crippen molar-refractivity contribution in [2.24, 2.45) is 11.0 Å². The number of fused-ring (bicyclic) bond motifs is 1. The lowest BCUT2D eigenvalue weighted by Crippen LogP contribution is -2.46. The molecule has 0 aromatic heterocycles. The van der Waals surface area contributed by atoms with Gasteiger partial charge in [-0.1, -0.05) is 60.7 Å². The zero-order valence-electron chi connectivity index (χ0n) is 18.0. The van der Waals surface area contributed by atoms with E-state index < -0.39 is 0 Å². The predicted octanol–water partition coefficient (Wildman–Crippen LogP) is 3.52. The number of carbonyl (C=O) groups excluding carboxylic acids is 1. The molecule has 0 aliphatic carbocycles. The lowest BCUT2D eigenvalue weighted by atomic mass is 9.83. The molecule has 2 aromatic carbocycles. The minimum absolute atomic E-state index is 0.143. The average Bonchev–Trinajstić information content (AvgIpc) is 3.09. The molecule has 4 rings (SSSR count). The summed E-state index contributed by atoms with van der Waals surface area (Å²) >= 11 is 0. The second-order valence-corrected chi connectivity index (χ2v) is 8.43. The fraction of sp³-hybridized carbons (Fsp3) is 0.360. The molecule has 1 amide bonds. The largest absolute Gasteiger partial charge is 0.337 e. The molecule has 156 valence electrons. The Morgan fingerprint density at radius 3 is 2.43 bits per heavy atom. The first-order valence-corrected chi connectivity index (χ1v) is 10.6.